The van der Waals surface area contributed by atoms with E-state index in [0.717, 1.165) is 110 Å². The molecule has 388 valence electrons. The van der Waals surface area contributed by atoms with E-state index in [9.17, 15) is 18.4 Å². The molecular weight excluding hydrogens is 1020 g/mol. The number of ether oxygens (including phenoxy) is 2. The van der Waals surface area contributed by atoms with Crippen LogP contribution in [-0.2, 0) is 33.8 Å². The van der Waals surface area contributed by atoms with Gasteiger partial charge in [-0.2, -0.15) is 0 Å². The van der Waals surface area contributed by atoms with Gasteiger partial charge >= 0.3 is 11.9 Å². The van der Waals surface area contributed by atoms with Gasteiger partial charge in [0, 0.05) is 70.7 Å². The molecular formula is C70H45N4O6S-. The third-order valence-corrected chi connectivity index (χ3v) is 16.2. The number of rotatable bonds is 11. The van der Waals surface area contributed by atoms with E-state index < -0.39 is 23.0 Å². The van der Waals surface area contributed by atoms with Crippen LogP contribution in [0.3, 0.4) is 0 Å². The third kappa shape index (κ3) is 8.00. The van der Waals surface area contributed by atoms with Gasteiger partial charge in [0.25, 0.3) is 0 Å². The summed E-state index contributed by atoms with van der Waals surface area (Å²) in [4.78, 5) is 28.4. The van der Waals surface area contributed by atoms with Gasteiger partial charge in [0.05, 0.1) is 55.3 Å². The van der Waals surface area contributed by atoms with Crippen LogP contribution in [0.1, 0.15) is 31.8 Å². The molecule has 0 saturated carbocycles. The summed E-state index contributed by atoms with van der Waals surface area (Å²) < 4.78 is 46.6. The zero-order chi connectivity index (χ0) is 54.3. The highest BCUT2D eigenvalue weighted by Gasteiger charge is 2.22. The lowest BCUT2D eigenvalue weighted by molar-refractivity contribution is 0.0469. The fourth-order valence-electron chi connectivity index (χ4n) is 12.2. The summed E-state index contributed by atoms with van der Waals surface area (Å²) in [6.07, 6.45) is 0. The van der Waals surface area contributed by atoms with Crippen LogP contribution in [0.4, 0.5) is 0 Å². The van der Waals surface area contributed by atoms with Crippen molar-refractivity contribution in [1.29, 1.82) is 0 Å². The molecule has 0 N–H and O–H groups in total. The average molecular weight is 1070 g/mol. The highest BCUT2D eigenvalue weighted by Crippen LogP contribution is 2.39. The maximum atomic E-state index is 14.4. The van der Waals surface area contributed by atoms with Gasteiger partial charge in [0.15, 0.2) is 0 Å². The molecule has 10 nitrogen and oxygen atoms in total. The minimum Gasteiger partial charge on any atom is -0.768 e. The maximum Gasteiger partial charge on any atom is 0.338 e. The van der Waals surface area contributed by atoms with Crippen molar-refractivity contribution in [3.05, 3.63) is 271 Å². The van der Waals surface area contributed by atoms with Gasteiger partial charge in [-0.1, -0.05) is 146 Å². The number of fused-ring (bicyclic) bond motifs is 12. The van der Waals surface area contributed by atoms with Crippen LogP contribution in [0, 0.1) is 0 Å². The van der Waals surface area contributed by atoms with E-state index in [1.54, 1.807) is 0 Å². The quantitative estimate of drug-likeness (QED) is 0.0942. The Kier molecular flexibility index (Phi) is 11.4. The van der Waals surface area contributed by atoms with Crippen molar-refractivity contribution in [1.82, 2.24) is 18.3 Å². The summed E-state index contributed by atoms with van der Waals surface area (Å²) in [5, 5.41) is 8.82. The Bertz CT molecular complexity index is 4330. The number of hydrogen-bond acceptors (Lipinski definition) is 6. The molecule has 0 saturated heterocycles. The topological polar surface area (TPSA) is 112 Å². The number of para-hydroxylation sites is 8. The molecule has 0 spiro atoms. The summed E-state index contributed by atoms with van der Waals surface area (Å²) in [6.45, 7) is -0.343. The third-order valence-electron chi connectivity index (χ3n) is 15.6. The smallest absolute Gasteiger partial charge is 0.338 e. The largest absolute Gasteiger partial charge is 0.768 e. The molecule has 0 aliphatic heterocycles. The van der Waals surface area contributed by atoms with Gasteiger partial charge in [-0.3, -0.25) is 4.21 Å². The summed E-state index contributed by atoms with van der Waals surface area (Å²) in [6, 6.07) is 82.4. The molecule has 0 amide bonds. The second-order valence-corrected chi connectivity index (χ2v) is 21.3. The van der Waals surface area contributed by atoms with E-state index in [1.807, 2.05) is 121 Å². The number of benzene rings is 11. The first-order valence-corrected chi connectivity index (χ1v) is 27.7. The van der Waals surface area contributed by atoms with Crippen molar-refractivity contribution in [2.45, 2.75) is 18.1 Å². The monoisotopic (exact) mass is 1070 g/mol. The SMILES string of the molecule is O=C(OCc1cc(-n2c3ccccc3c3ccccc32)cc(-n2c3ccccc3c3ccccc32)c1)c1cc(C(=O)OCc2cc(-n3c4ccccc4c4ccccc43)cc(-n3c4ccccc4c4ccccc43)c2)cc(S(=O)[O-])c1. The Morgan fingerprint density at radius 1 is 0.321 bits per heavy atom. The zero-order valence-corrected chi connectivity index (χ0v) is 44.0. The number of esters is 2. The number of nitrogens with zero attached hydrogens (tertiary/aromatic N) is 4. The first-order chi connectivity index (χ1) is 39.8. The van der Waals surface area contributed by atoms with E-state index in [0.29, 0.717) is 11.1 Å². The number of aromatic nitrogens is 4. The molecule has 4 aromatic heterocycles. The number of carbonyl (C=O) groups is 2. The Morgan fingerprint density at radius 2 is 0.543 bits per heavy atom. The molecule has 15 rings (SSSR count). The van der Waals surface area contributed by atoms with E-state index in [4.69, 9.17) is 9.47 Å². The maximum absolute atomic E-state index is 14.4. The molecule has 81 heavy (non-hydrogen) atoms. The van der Waals surface area contributed by atoms with Crippen molar-refractivity contribution >= 4 is 110 Å². The van der Waals surface area contributed by atoms with Crippen molar-refractivity contribution < 1.29 is 27.8 Å². The second kappa shape index (κ2) is 19.2. The Balaban J connectivity index is 0.784. The highest BCUT2D eigenvalue weighted by atomic mass is 32.2. The normalized spacial score (nSPS) is 12.2. The highest BCUT2D eigenvalue weighted by molar-refractivity contribution is 7.79. The van der Waals surface area contributed by atoms with Gasteiger partial charge in [0.2, 0.25) is 0 Å². The van der Waals surface area contributed by atoms with E-state index in [1.165, 1.54) is 18.2 Å². The fourth-order valence-corrected chi connectivity index (χ4v) is 12.6. The average Bonchev–Trinajstić information content (AvgIpc) is 4.27. The van der Waals surface area contributed by atoms with Crippen LogP contribution < -0.4 is 0 Å². The van der Waals surface area contributed by atoms with Gasteiger partial charge in [0.1, 0.15) is 13.2 Å². The molecule has 0 aliphatic rings. The van der Waals surface area contributed by atoms with Crippen LogP contribution >= 0.6 is 0 Å². The first kappa shape index (κ1) is 47.8. The van der Waals surface area contributed by atoms with Crippen molar-refractivity contribution in [3.63, 3.8) is 0 Å². The Labute approximate surface area is 465 Å². The Hall–Kier alpha value is -10.3. The predicted octanol–water partition coefficient (Wildman–Crippen LogP) is 16.0. The molecule has 0 fully saturated rings. The zero-order valence-electron chi connectivity index (χ0n) is 43.2. The minimum atomic E-state index is -2.81. The molecule has 0 aliphatic carbocycles. The molecule has 1 unspecified atom stereocenters. The fraction of sp³-hybridized carbons (Fsp3) is 0.0286. The summed E-state index contributed by atoms with van der Waals surface area (Å²) in [7, 11) is 0. The van der Waals surface area contributed by atoms with Crippen molar-refractivity contribution in [2.75, 3.05) is 0 Å². The molecule has 1 atom stereocenters. The lowest BCUT2D eigenvalue weighted by Crippen LogP contribution is -2.11. The minimum absolute atomic E-state index is 0.119. The van der Waals surface area contributed by atoms with Crippen LogP contribution in [0.2, 0.25) is 0 Å². The second-order valence-electron chi connectivity index (χ2n) is 20.3. The molecule has 0 radical (unpaired) electrons. The van der Waals surface area contributed by atoms with Gasteiger partial charge in [-0.25, -0.2) is 9.59 Å². The van der Waals surface area contributed by atoms with Crippen LogP contribution in [0.15, 0.2) is 254 Å². The van der Waals surface area contributed by atoms with Crippen molar-refractivity contribution in [3.8, 4) is 22.7 Å². The van der Waals surface area contributed by atoms with Gasteiger partial charge in [-0.15, -0.1) is 0 Å². The lowest BCUT2D eigenvalue weighted by atomic mass is 10.1. The van der Waals surface area contributed by atoms with E-state index in [2.05, 4.69) is 127 Å². The number of hydrogen-bond donors (Lipinski definition) is 0. The summed E-state index contributed by atoms with van der Waals surface area (Å²) in [5.41, 5.74) is 12.7. The van der Waals surface area contributed by atoms with Crippen LogP contribution in [0.25, 0.3) is 110 Å². The lowest BCUT2D eigenvalue weighted by Gasteiger charge is -2.16. The molecule has 4 heterocycles. The predicted molar refractivity (Wildman–Crippen MR) is 322 cm³/mol. The van der Waals surface area contributed by atoms with Gasteiger partial charge < -0.3 is 32.3 Å². The molecule has 0 bridgehead atoms. The number of carbonyl (C=O) groups excluding carboxylic acids is 2. The van der Waals surface area contributed by atoms with Crippen molar-refractivity contribution in [2.24, 2.45) is 0 Å². The molecule has 11 heteroatoms. The first-order valence-electron chi connectivity index (χ1n) is 26.6. The molecule has 11 aromatic carbocycles. The standard InChI is InChI=1S/C70H46N4O6S/c75-69(79-42-44-33-48(71-61-25-9-1-17-53(61)54-18-2-10-26-62(54)71)40-49(34-44)72-63-27-11-3-19-55(63)56-20-4-12-28-64(56)72)46-37-47(39-52(38-46)81(77)78)70(76)80-43-45-35-50(73-65-29-13-5-21-57(65)58-22-6-14-30-66(58)73)41-51(36-45)74-67-31-15-7-23-59(67)60-24-8-16-32-68(60)74/h1-41H,42-43H2,(H,77,78)/p-1. The van der Waals surface area contributed by atoms with Gasteiger partial charge in [-0.05, 0) is 125 Å². The van der Waals surface area contributed by atoms with Crippen LogP contribution in [0.5, 0.6) is 0 Å². The molecule has 15 aromatic rings. The van der Waals surface area contributed by atoms with E-state index in [-0.39, 0.29) is 29.2 Å². The summed E-state index contributed by atoms with van der Waals surface area (Å²) in [5.74, 6) is -1.63. The Morgan fingerprint density at radius 3 is 0.765 bits per heavy atom. The van der Waals surface area contributed by atoms with E-state index >= 15 is 0 Å². The van der Waals surface area contributed by atoms with Crippen LogP contribution in [-0.4, -0.2) is 39.0 Å². The summed E-state index contributed by atoms with van der Waals surface area (Å²) >= 11 is -2.81.